The average Bonchev–Trinajstić information content (AvgIpc) is 3.22. The maximum absolute atomic E-state index is 13.6. The molecule has 0 unspecified atom stereocenters. The van der Waals surface area contributed by atoms with Crippen LogP contribution >= 0.6 is 11.6 Å². The lowest BCUT2D eigenvalue weighted by atomic mass is 10.0. The lowest BCUT2D eigenvalue weighted by Crippen LogP contribution is -2.35. The number of halogens is 4. The van der Waals surface area contributed by atoms with Crippen molar-refractivity contribution in [1.82, 2.24) is 15.1 Å². The number of carbonyl (C=O) groups excluding carboxylic acids is 1. The molecule has 2 aromatic rings. The van der Waals surface area contributed by atoms with Gasteiger partial charge in [-0.3, -0.25) is 4.79 Å². The van der Waals surface area contributed by atoms with Crippen molar-refractivity contribution in [3.63, 3.8) is 0 Å². The van der Waals surface area contributed by atoms with Gasteiger partial charge in [0.25, 0.3) is 5.91 Å². The van der Waals surface area contributed by atoms with Crippen LogP contribution in [0.3, 0.4) is 0 Å². The zero-order chi connectivity index (χ0) is 18.9. The second-order valence-electron chi connectivity index (χ2n) is 6.07. The Morgan fingerprint density at radius 1 is 1.54 bits per heavy atom. The Morgan fingerprint density at radius 2 is 2.31 bits per heavy atom. The van der Waals surface area contributed by atoms with Crippen molar-refractivity contribution >= 4 is 23.3 Å². The van der Waals surface area contributed by atoms with E-state index >= 15 is 0 Å². The van der Waals surface area contributed by atoms with Crippen LogP contribution in [-0.2, 0) is 0 Å². The molecule has 10 heteroatoms. The van der Waals surface area contributed by atoms with Crippen LogP contribution < -0.4 is 10.6 Å². The molecular weight excluding hydrogens is 373 g/mol. The smallest absolute Gasteiger partial charge is 0.410 e. The average molecular weight is 391 g/mol. The molecular formula is C16H18ClF3N4O2. The maximum Gasteiger partial charge on any atom is 0.410 e. The van der Waals surface area contributed by atoms with Gasteiger partial charge >= 0.3 is 6.18 Å². The number of nitrogens with one attached hydrogen (secondary N) is 2. The Morgan fingerprint density at radius 3 is 2.92 bits per heavy atom. The number of alkyl halides is 3. The summed E-state index contributed by atoms with van der Waals surface area (Å²) in [6.07, 6.45) is -1.86. The number of amides is 1. The second kappa shape index (κ2) is 7.22. The van der Waals surface area contributed by atoms with E-state index in [0.717, 1.165) is 17.5 Å². The van der Waals surface area contributed by atoms with Crippen molar-refractivity contribution < 1.29 is 22.4 Å². The zero-order valence-electron chi connectivity index (χ0n) is 13.9. The van der Waals surface area contributed by atoms with Crippen LogP contribution in [0.4, 0.5) is 19.0 Å². The summed E-state index contributed by atoms with van der Waals surface area (Å²) in [6.45, 7) is 2.36. The summed E-state index contributed by atoms with van der Waals surface area (Å²) in [5.41, 5.74) is -0.223. The quantitative estimate of drug-likeness (QED) is 0.746. The number of hydrogen-bond donors (Lipinski definition) is 2. The van der Waals surface area contributed by atoms with Gasteiger partial charge in [-0.1, -0.05) is 24.9 Å². The van der Waals surface area contributed by atoms with E-state index in [4.69, 9.17) is 16.0 Å². The fourth-order valence-corrected chi connectivity index (χ4v) is 3.14. The van der Waals surface area contributed by atoms with Gasteiger partial charge in [0.05, 0.1) is 12.3 Å². The number of rotatable bonds is 5. The van der Waals surface area contributed by atoms with E-state index in [1.165, 1.54) is 6.26 Å². The molecule has 26 heavy (non-hydrogen) atoms. The van der Waals surface area contributed by atoms with Gasteiger partial charge in [0.15, 0.2) is 11.7 Å². The Bertz CT molecular complexity index is 773. The minimum Gasteiger partial charge on any atom is -0.467 e. The molecule has 0 saturated carbocycles. The minimum atomic E-state index is -4.55. The highest BCUT2D eigenvalue weighted by molar-refractivity contribution is 6.36. The largest absolute Gasteiger partial charge is 0.467 e. The SMILES string of the molecule is CCCCNC(=O)c1nn2c(c1Cl)N[C@@H](c1ccco1)C[C@H]2C(F)(F)F. The molecule has 0 aliphatic carbocycles. The lowest BCUT2D eigenvalue weighted by molar-refractivity contribution is -0.174. The summed E-state index contributed by atoms with van der Waals surface area (Å²) >= 11 is 6.19. The highest BCUT2D eigenvalue weighted by Crippen LogP contribution is 2.46. The Kier molecular flexibility index (Phi) is 5.17. The molecule has 1 aliphatic heterocycles. The number of anilines is 1. The first-order chi connectivity index (χ1) is 12.3. The van der Waals surface area contributed by atoms with Gasteiger partial charge in [-0.05, 0) is 18.6 Å². The van der Waals surface area contributed by atoms with Gasteiger partial charge < -0.3 is 15.1 Å². The van der Waals surface area contributed by atoms with Crippen molar-refractivity contribution in [1.29, 1.82) is 0 Å². The number of furan rings is 1. The molecule has 0 bridgehead atoms. The summed E-state index contributed by atoms with van der Waals surface area (Å²) in [4.78, 5) is 12.2. The van der Waals surface area contributed by atoms with Gasteiger partial charge in [0.1, 0.15) is 16.6 Å². The Labute approximate surface area is 152 Å². The molecule has 0 spiro atoms. The summed E-state index contributed by atoms with van der Waals surface area (Å²) < 4.78 is 46.7. The van der Waals surface area contributed by atoms with Crippen LogP contribution in [0.1, 0.15) is 54.5 Å². The predicted octanol–water partition coefficient (Wildman–Crippen LogP) is 4.32. The van der Waals surface area contributed by atoms with E-state index in [2.05, 4.69) is 15.7 Å². The Balaban J connectivity index is 1.95. The Hall–Kier alpha value is -2.16. The van der Waals surface area contributed by atoms with Crippen LogP contribution in [0.25, 0.3) is 0 Å². The van der Waals surface area contributed by atoms with E-state index in [1.807, 2.05) is 6.92 Å². The van der Waals surface area contributed by atoms with E-state index in [-0.39, 0.29) is 23.0 Å². The van der Waals surface area contributed by atoms with Gasteiger partial charge in [-0.2, -0.15) is 18.3 Å². The highest BCUT2D eigenvalue weighted by Gasteiger charge is 2.48. The molecule has 142 valence electrons. The first kappa shape index (κ1) is 18.6. The molecule has 0 aromatic carbocycles. The third kappa shape index (κ3) is 3.53. The predicted molar refractivity (Wildman–Crippen MR) is 89.3 cm³/mol. The first-order valence-corrected chi connectivity index (χ1v) is 8.63. The monoisotopic (exact) mass is 390 g/mol. The molecule has 2 aromatic heterocycles. The molecule has 3 heterocycles. The second-order valence-corrected chi connectivity index (χ2v) is 6.45. The van der Waals surface area contributed by atoms with Crippen molar-refractivity contribution in [3.8, 4) is 0 Å². The highest BCUT2D eigenvalue weighted by atomic mass is 35.5. The number of carbonyl (C=O) groups is 1. The van der Waals surface area contributed by atoms with Gasteiger partial charge in [-0.25, -0.2) is 4.68 Å². The van der Waals surface area contributed by atoms with Crippen LogP contribution in [0.2, 0.25) is 5.02 Å². The van der Waals surface area contributed by atoms with Gasteiger partial charge in [0, 0.05) is 13.0 Å². The number of aromatic nitrogens is 2. The van der Waals surface area contributed by atoms with Crippen LogP contribution in [-0.4, -0.2) is 28.4 Å². The number of nitrogens with zero attached hydrogens (tertiary/aromatic N) is 2. The molecule has 0 fully saturated rings. The van der Waals surface area contributed by atoms with Crippen LogP contribution in [0.5, 0.6) is 0 Å². The van der Waals surface area contributed by atoms with E-state index in [1.54, 1.807) is 12.1 Å². The van der Waals surface area contributed by atoms with E-state index in [9.17, 15) is 18.0 Å². The summed E-state index contributed by atoms with van der Waals surface area (Å²) in [6, 6.07) is 0.543. The normalized spacial score (nSPS) is 19.7. The van der Waals surface area contributed by atoms with Crippen molar-refractivity contribution in [3.05, 3.63) is 34.9 Å². The molecule has 2 N–H and O–H groups in total. The number of unbranched alkanes of at least 4 members (excludes halogenated alkanes) is 1. The molecule has 3 rings (SSSR count). The van der Waals surface area contributed by atoms with Gasteiger partial charge in [-0.15, -0.1) is 0 Å². The van der Waals surface area contributed by atoms with Crippen LogP contribution in [0.15, 0.2) is 22.8 Å². The van der Waals surface area contributed by atoms with Crippen LogP contribution in [0, 0.1) is 0 Å². The van der Waals surface area contributed by atoms with Crippen molar-refractivity contribution in [2.45, 2.75) is 44.4 Å². The topological polar surface area (TPSA) is 72.1 Å². The molecule has 1 amide bonds. The fourth-order valence-electron chi connectivity index (χ4n) is 2.87. The fraction of sp³-hybridized carbons (Fsp3) is 0.500. The lowest BCUT2D eigenvalue weighted by Gasteiger charge is -2.32. The summed E-state index contributed by atoms with van der Waals surface area (Å²) in [5, 5.41) is 9.24. The minimum absolute atomic E-state index is 0.0396. The molecule has 0 saturated heterocycles. The van der Waals surface area contributed by atoms with E-state index in [0.29, 0.717) is 12.3 Å². The molecule has 1 aliphatic rings. The first-order valence-electron chi connectivity index (χ1n) is 8.25. The number of hydrogen-bond acceptors (Lipinski definition) is 4. The molecule has 2 atom stereocenters. The van der Waals surface area contributed by atoms with Crippen molar-refractivity contribution in [2.75, 3.05) is 11.9 Å². The summed E-state index contributed by atoms with van der Waals surface area (Å²) in [5.74, 6) is -0.276. The number of fused-ring (bicyclic) bond motifs is 1. The van der Waals surface area contributed by atoms with E-state index < -0.39 is 24.2 Å². The standard InChI is InChI=1S/C16H18ClF3N4O2/c1-2-3-6-21-15(25)13-12(17)14-22-9(10-5-4-7-26-10)8-11(16(18,19)20)24(14)23-13/h4-5,7,9,11,22H,2-3,6,8H2,1H3,(H,21,25)/t9-,11+/m1/s1. The summed E-state index contributed by atoms with van der Waals surface area (Å²) in [7, 11) is 0. The van der Waals surface area contributed by atoms with Crippen molar-refractivity contribution in [2.24, 2.45) is 0 Å². The third-order valence-electron chi connectivity index (χ3n) is 4.21. The van der Waals surface area contributed by atoms with Gasteiger partial charge in [0.2, 0.25) is 0 Å². The maximum atomic E-state index is 13.6. The molecule has 0 radical (unpaired) electrons. The molecule has 6 nitrogen and oxygen atoms in total. The third-order valence-corrected chi connectivity index (χ3v) is 4.57. The zero-order valence-corrected chi connectivity index (χ0v) is 14.7.